The van der Waals surface area contributed by atoms with E-state index in [0.29, 0.717) is 10.9 Å². The SMILES string of the molecule is CC(NC(=O)c1ccc2c(=O)[nH]c(=S)[nH]c2c1)C(=O)N1CCS(=O)(=O)CC1. The fourth-order valence-corrected chi connectivity index (χ4v) is 4.26. The van der Waals surface area contributed by atoms with E-state index in [1.165, 1.54) is 23.1 Å². The van der Waals surface area contributed by atoms with Gasteiger partial charge in [-0.25, -0.2) is 8.42 Å². The van der Waals surface area contributed by atoms with E-state index in [0.717, 1.165) is 0 Å². The molecule has 0 bridgehead atoms. The largest absolute Gasteiger partial charge is 0.341 e. The first-order chi connectivity index (χ1) is 12.7. The van der Waals surface area contributed by atoms with Crippen LogP contribution in [0.25, 0.3) is 10.9 Å². The summed E-state index contributed by atoms with van der Waals surface area (Å²) in [5, 5.41) is 2.96. The Kier molecular flexibility index (Phi) is 5.16. The van der Waals surface area contributed by atoms with Gasteiger partial charge in [-0.1, -0.05) is 0 Å². The summed E-state index contributed by atoms with van der Waals surface area (Å²) in [7, 11) is -3.09. The molecule has 1 saturated heterocycles. The molecule has 3 rings (SSSR count). The second-order valence-corrected chi connectivity index (χ2v) is 9.05. The van der Waals surface area contributed by atoms with Crippen LogP contribution in [0, 0.1) is 4.77 Å². The van der Waals surface area contributed by atoms with E-state index in [2.05, 4.69) is 15.3 Å². The molecule has 9 nitrogen and oxygen atoms in total. The molecule has 11 heteroatoms. The van der Waals surface area contributed by atoms with Crippen molar-refractivity contribution in [2.75, 3.05) is 24.6 Å². The number of carbonyl (C=O) groups excluding carboxylic acids is 2. The Morgan fingerprint density at radius 1 is 1.22 bits per heavy atom. The van der Waals surface area contributed by atoms with E-state index in [1.807, 2.05) is 0 Å². The summed E-state index contributed by atoms with van der Waals surface area (Å²) < 4.78 is 23.1. The second kappa shape index (κ2) is 7.24. The summed E-state index contributed by atoms with van der Waals surface area (Å²) in [6.45, 7) is 1.79. The van der Waals surface area contributed by atoms with Gasteiger partial charge in [-0.05, 0) is 37.3 Å². The van der Waals surface area contributed by atoms with Gasteiger partial charge in [0.25, 0.3) is 11.5 Å². The van der Waals surface area contributed by atoms with Gasteiger partial charge in [0.15, 0.2) is 14.6 Å². The van der Waals surface area contributed by atoms with Gasteiger partial charge < -0.3 is 15.2 Å². The van der Waals surface area contributed by atoms with Gasteiger partial charge in [0.2, 0.25) is 5.91 Å². The molecule has 1 aliphatic heterocycles. The zero-order chi connectivity index (χ0) is 19.8. The number of sulfone groups is 1. The summed E-state index contributed by atoms with van der Waals surface area (Å²) in [6, 6.07) is 3.65. The first kappa shape index (κ1) is 19.2. The molecule has 1 aliphatic rings. The highest BCUT2D eigenvalue weighted by Crippen LogP contribution is 2.11. The quantitative estimate of drug-likeness (QED) is 0.609. The summed E-state index contributed by atoms with van der Waals surface area (Å²) in [5.74, 6) is -0.965. The lowest BCUT2D eigenvalue weighted by Gasteiger charge is -2.29. The summed E-state index contributed by atoms with van der Waals surface area (Å²) in [5.41, 5.74) is 0.320. The number of nitrogens with one attached hydrogen (secondary N) is 3. The number of benzene rings is 1. The Morgan fingerprint density at radius 3 is 2.56 bits per heavy atom. The Balaban J connectivity index is 1.73. The number of carbonyl (C=O) groups is 2. The molecule has 0 spiro atoms. The van der Waals surface area contributed by atoms with Crippen molar-refractivity contribution in [2.24, 2.45) is 0 Å². The normalized spacial score (nSPS) is 17.4. The molecule has 27 heavy (non-hydrogen) atoms. The van der Waals surface area contributed by atoms with E-state index < -0.39 is 21.8 Å². The van der Waals surface area contributed by atoms with Crippen molar-refractivity contribution in [2.45, 2.75) is 13.0 Å². The number of aromatic amines is 2. The molecule has 2 heterocycles. The molecule has 0 radical (unpaired) electrons. The molecule has 1 aromatic carbocycles. The first-order valence-corrected chi connectivity index (χ1v) is 10.5. The molecule has 1 atom stereocenters. The minimum absolute atomic E-state index is 0.0716. The fraction of sp³-hybridized carbons (Fsp3) is 0.375. The lowest BCUT2D eigenvalue weighted by Crippen LogP contribution is -2.51. The third-order valence-corrected chi connectivity index (χ3v) is 6.19. The molecule has 3 N–H and O–H groups in total. The van der Waals surface area contributed by atoms with Crippen LogP contribution in [0.15, 0.2) is 23.0 Å². The maximum absolute atomic E-state index is 12.5. The van der Waals surface area contributed by atoms with Crippen LogP contribution >= 0.6 is 12.2 Å². The molecule has 1 unspecified atom stereocenters. The van der Waals surface area contributed by atoms with Gasteiger partial charge in [0.05, 0.1) is 22.4 Å². The van der Waals surface area contributed by atoms with Crippen molar-refractivity contribution in [3.8, 4) is 0 Å². The third-order valence-electron chi connectivity index (χ3n) is 4.38. The van der Waals surface area contributed by atoms with Gasteiger partial charge in [-0.3, -0.25) is 19.4 Å². The van der Waals surface area contributed by atoms with Crippen molar-refractivity contribution in [1.82, 2.24) is 20.2 Å². The summed E-state index contributed by atoms with van der Waals surface area (Å²) in [6.07, 6.45) is 0. The molecule has 0 aliphatic carbocycles. The average Bonchev–Trinajstić information content (AvgIpc) is 2.60. The van der Waals surface area contributed by atoms with Crippen molar-refractivity contribution in [3.05, 3.63) is 38.9 Å². The highest BCUT2D eigenvalue weighted by Gasteiger charge is 2.28. The van der Waals surface area contributed by atoms with Crippen molar-refractivity contribution >= 4 is 44.8 Å². The van der Waals surface area contributed by atoms with Crippen LogP contribution in [0.5, 0.6) is 0 Å². The van der Waals surface area contributed by atoms with Crippen molar-refractivity contribution < 1.29 is 18.0 Å². The van der Waals surface area contributed by atoms with E-state index in [1.54, 1.807) is 6.92 Å². The number of hydrogen-bond acceptors (Lipinski definition) is 6. The lowest BCUT2D eigenvalue weighted by atomic mass is 10.1. The number of nitrogens with zero attached hydrogens (tertiary/aromatic N) is 1. The Labute approximate surface area is 159 Å². The predicted octanol–water partition coefficient (Wildman–Crippen LogP) is -0.0390. The number of H-pyrrole nitrogens is 2. The maximum Gasteiger partial charge on any atom is 0.259 e. The van der Waals surface area contributed by atoms with Crippen LogP contribution in [-0.2, 0) is 14.6 Å². The topological polar surface area (TPSA) is 132 Å². The number of aromatic nitrogens is 2. The smallest absolute Gasteiger partial charge is 0.259 e. The highest BCUT2D eigenvalue weighted by molar-refractivity contribution is 7.91. The van der Waals surface area contributed by atoms with E-state index >= 15 is 0 Å². The van der Waals surface area contributed by atoms with Crippen LogP contribution in [-0.4, -0.2) is 65.7 Å². The van der Waals surface area contributed by atoms with Gasteiger partial charge in [-0.15, -0.1) is 0 Å². The maximum atomic E-state index is 12.5. The van der Waals surface area contributed by atoms with Crippen molar-refractivity contribution in [1.29, 1.82) is 0 Å². The summed E-state index contributed by atoms with van der Waals surface area (Å²) in [4.78, 5) is 43.4. The lowest BCUT2D eigenvalue weighted by molar-refractivity contribution is -0.132. The molecule has 1 fully saturated rings. The summed E-state index contributed by atoms with van der Waals surface area (Å²) >= 11 is 4.92. The van der Waals surface area contributed by atoms with Crippen LogP contribution in [0.3, 0.4) is 0 Å². The minimum Gasteiger partial charge on any atom is -0.341 e. The third kappa shape index (κ3) is 4.25. The van der Waals surface area contributed by atoms with Crippen LogP contribution in [0.1, 0.15) is 17.3 Å². The molecule has 144 valence electrons. The predicted molar refractivity (Wildman–Crippen MR) is 102 cm³/mol. The Hall–Kier alpha value is -2.53. The average molecular weight is 410 g/mol. The highest BCUT2D eigenvalue weighted by atomic mass is 32.2. The molecular weight excluding hydrogens is 392 g/mol. The molecule has 1 aromatic heterocycles. The van der Waals surface area contributed by atoms with Gasteiger partial charge in [0, 0.05) is 18.7 Å². The standard InChI is InChI=1S/C16H18N4O5S2/c1-9(15(23)20-4-6-27(24,25)7-5-20)17-13(21)10-2-3-11-12(8-10)18-16(26)19-14(11)22/h2-3,8-9H,4-7H2,1H3,(H,17,21)(H2,18,19,22,26). The molecular formula is C16H18N4O5S2. The van der Waals surface area contributed by atoms with Gasteiger partial charge in [0.1, 0.15) is 6.04 Å². The zero-order valence-corrected chi connectivity index (χ0v) is 16.1. The zero-order valence-electron chi connectivity index (χ0n) is 14.4. The Morgan fingerprint density at radius 2 is 1.89 bits per heavy atom. The number of fused-ring (bicyclic) bond motifs is 1. The van der Waals surface area contributed by atoms with Crippen LogP contribution in [0.2, 0.25) is 0 Å². The second-order valence-electron chi connectivity index (χ2n) is 6.34. The minimum atomic E-state index is -3.09. The number of amides is 2. The van der Waals surface area contributed by atoms with E-state index in [4.69, 9.17) is 12.2 Å². The van der Waals surface area contributed by atoms with Crippen LogP contribution in [0.4, 0.5) is 0 Å². The molecule has 2 aromatic rings. The Bertz CT molecular complexity index is 1120. The number of rotatable bonds is 3. The van der Waals surface area contributed by atoms with Crippen molar-refractivity contribution in [3.63, 3.8) is 0 Å². The monoisotopic (exact) mass is 410 g/mol. The van der Waals surface area contributed by atoms with Crippen LogP contribution < -0.4 is 10.9 Å². The van der Waals surface area contributed by atoms with E-state index in [9.17, 15) is 22.8 Å². The fourth-order valence-electron chi connectivity index (χ4n) is 2.86. The molecule has 0 saturated carbocycles. The van der Waals surface area contributed by atoms with Gasteiger partial charge >= 0.3 is 0 Å². The first-order valence-electron chi connectivity index (χ1n) is 8.23. The van der Waals surface area contributed by atoms with Gasteiger partial charge in [-0.2, -0.15) is 0 Å². The van der Waals surface area contributed by atoms with E-state index in [-0.39, 0.29) is 46.4 Å². The molecule has 2 amide bonds. The number of hydrogen-bond donors (Lipinski definition) is 3.